The Kier molecular flexibility index (Phi) is 4.57. The molecule has 2 aromatic heterocycles. The summed E-state index contributed by atoms with van der Waals surface area (Å²) in [5.74, 6) is 0.354. The van der Waals surface area contributed by atoms with Gasteiger partial charge in [0.15, 0.2) is 0 Å². The molecular formula is C16H21N5O2S. The van der Waals surface area contributed by atoms with Crippen LogP contribution in [0.4, 0.5) is 11.5 Å². The number of aryl methyl sites for hydroxylation is 1. The molecule has 0 saturated carbocycles. The van der Waals surface area contributed by atoms with Crippen molar-refractivity contribution < 1.29 is 9.59 Å². The van der Waals surface area contributed by atoms with Crippen molar-refractivity contribution >= 4 is 44.9 Å². The molecule has 7 nitrogen and oxygen atoms in total. The Morgan fingerprint density at radius 2 is 2.25 bits per heavy atom. The second kappa shape index (κ2) is 6.64. The number of thiophene rings is 1. The van der Waals surface area contributed by atoms with Crippen LogP contribution in [0.15, 0.2) is 6.07 Å². The quantitative estimate of drug-likeness (QED) is 0.770. The Hall–Kier alpha value is -2.35. The SMILES string of the molecule is CCCc1cc(N2CCNC(=O)CC2)nc2sc(C(N)=O)c(N)c12. The number of rotatable bonds is 4. The van der Waals surface area contributed by atoms with Gasteiger partial charge in [0.05, 0.1) is 5.69 Å². The fourth-order valence-electron chi connectivity index (χ4n) is 2.99. The summed E-state index contributed by atoms with van der Waals surface area (Å²) in [4.78, 5) is 31.0. The van der Waals surface area contributed by atoms with E-state index in [-0.39, 0.29) is 5.91 Å². The van der Waals surface area contributed by atoms with Gasteiger partial charge in [0.2, 0.25) is 5.91 Å². The summed E-state index contributed by atoms with van der Waals surface area (Å²) < 4.78 is 0. The average molecular weight is 347 g/mol. The van der Waals surface area contributed by atoms with Gasteiger partial charge in [-0.1, -0.05) is 13.3 Å². The van der Waals surface area contributed by atoms with Crippen molar-refractivity contribution in [2.75, 3.05) is 30.3 Å². The fourth-order valence-corrected chi connectivity index (χ4v) is 3.98. The van der Waals surface area contributed by atoms with Crippen molar-refractivity contribution in [2.24, 2.45) is 5.73 Å². The number of anilines is 2. The molecular weight excluding hydrogens is 326 g/mol. The molecule has 1 aliphatic heterocycles. The highest BCUT2D eigenvalue weighted by Crippen LogP contribution is 2.37. The Balaban J connectivity index is 2.09. The molecule has 0 aromatic carbocycles. The van der Waals surface area contributed by atoms with Crippen LogP contribution in [0, 0.1) is 0 Å². The molecule has 1 aliphatic rings. The third kappa shape index (κ3) is 3.01. The van der Waals surface area contributed by atoms with E-state index in [1.807, 2.05) is 6.07 Å². The maximum Gasteiger partial charge on any atom is 0.260 e. The molecule has 3 rings (SSSR count). The standard InChI is InChI=1S/C16H21N5O2S/c1-2-3-9-8-10(21-6-4-11(22)19-5-7-21)20-16-12(9)13(17)14(24-16)15(18)23/h8H,2-7,17H2,1H3,(H2,18,23)(H,19,22). The van der Waals surface area contributed by atoms with E-state index in [1.54, 1.807) is 0 Å². The van der Waals surface area contributed by atoms with Gasteiger partial charge in [0.25, 0.3) is 5.91 Å². The third-order valence-electron chi connectivity index (χ3n) is 4.15. The van der Waals surface area contributed by atoms with E-state index in [0.29, 0.717) is 36.6 Å². The molecule has 8 heteroatoms. The predicted molar refractivity (Wildman–Crippen MR) is 96.4 cm³/mol. The summed E-state index contributed by atoms with van der Waals surface area (Å²) >= 11 is 1.24. The highest BCUT2D eigenvalue weighted by Gasteiger charge is 2.21. The number of carbonyl (C=O) groups excluding carboxylic acids is 2. The van der Waals surface area contributed by atoms with Crippen LogP contribution in [0.25, 0.3) is 10.2 Å². The van der Waals surface area contributed by atoms with E-state index < -0.39 is 5.91 Å². The van der Waals surface area contributed by atoms with Crippen LogP contribution in [-0.2, 0) is 11.2 Å². The zero-order chi connectivity index (χ0) is 17.3. The summed E-state index contributed by atoms with van der Waals surface area (Å²) in [5, 5.41) is 3.70. The first-order valence-corrected chi connectivity index (χ1v) is 8.86. The van der Waals surface area contributed by atoms with Crippen LogP contribution in [0.1, 0.15) is 35.0 Å². The molecule has 128 valence electrons. The minimum Gasteiger partial charge on any atom is -0.397 e. The van der Waals surface area contributed by atoms with Crippen molar-refractivity contribution in [1.29, 1.82) is 0 Å². The molecule has 0 spiro atoms. The maximum atomic E-state index is 11.6. The largest absolute Gasteiger partial charge is 0.397 e. The number of nitrogens with one attached hydrogen (secondary N) is 1. The van der Waals surface area contributed by atoms with E-state index in [4.69, 9.17) is 11.5 Å². The lowest BCUT2D eigenvalue weighted by Crippen LogP contribution is -2.29. The van der Waals surface area contributed by atoms with Crippen LogP contribution >= 0.6 is 11.3 Å². The van der Waals surface area contributed by atoms with Gasteiger partial charge < -0.3 is 21.7 Å². The average Bonchev–Trinajstić information content (AvgIpc) is 2.73. The van der Waals surface area contributed by atoms with E-state index in [0.717, 1.165) is 34.4 Å². The summed E-state index contributed by atoms with van der Waals surface area (Å²) in [6.45, 7) is 4.03. The minimum atomic E-state index is -0.524. The Labute approximate surface area is 144 Å². The molecule has 0 unspecified atom stereocenters. The summed E-state index contributed by atoms with van der Waals surface area (Å²) in [6, 6.07) is 2.02. The molecule has 1 saturated heterocycles. The van der Waals surface area contributed by atoms with Crippen molar-refractivity contribution in [3.8, 4) is 0 Å². The minimum absolute atomic E-state index is 0.0590. The van der Waals surface area contributed by atoms with E-state index in [1.165, 1.54) is 11.3 Å². The van der Waals surface area contributed by atoms with Crippen LogP contribution in [-0.4, -0.2) is 36.4 Å². The lowest BCUT2D eigenvalue weighted by atomic mass is 10.1. The predicted octanol–water partition coefficient (Wildman–Crippen LogP) is 1.26. The van der Waals surface area contributed by atoms with Crippen molar-refractivity contribution in [3.63, 3.8) is 0 Å². The molecule has 1 fully saturated rings. The van der Waals surface area contributed by atoms with Gasteiger partial charge in [-0.25, -0.2) is 4.98 Å². The lowest BCUT2D eigenvalue weighted by molar-refractivity contribution is -0.120. The number of aromatic nitrogens is 1. The second-order valence-electron chi connectivity index (χ2n) is 5.87. The number of hydrogen-bond acceptors (Lipinski definition) is 6. The van der Waals surface area contributed by atoms with Gasteiger partial charge in [-0.05, 0) is 18.1 Å². The van der Waals surface area contributed by atoms with Gasteiger partial charge in [0.1, 0.15) is 15.5 Å². The van der Waals surface area contributed by atoms with Gasteiger partial charge >= 0.3 is 0 Å². The highest BCUT2D eigenvalue weighted by molar-refractivity contribution is 7.21. The summed E-state index contributed by atoms with van der Waals surface area (Å²) in [5.41, 5.74) is 13.1. The zero-order valence-electron chi connectivity index (χ0n) is 13.6. The number of primary amides is 1. The maximum absolute atomic E-state index is 11.6. The molecule has 3 heterocycles. The monoisotopic (exact) mass is 347 g/mol. The zero-order valence-corrected chi connectivity index (χ0v) is 14.4. The highest BCUT2D eigenvalue weighted by atomic mass is 32.1. The number of carbonyl (C=O) groups is 2. The number of nitrogens with zero attached hydrogens (tertiary/aromatic N) is 2. The Morgan fingerprint density at radius 1 is 1.46 bits per heavy atom. The first-order valence-electron chi connectivity index (χ1n) is 8.04. The molecule has 2 amide bonds. The first-order chi connectivity index (χ1) is 11.5. The lowest BCUT2D eigenvalue weighted by Gasteiger charge is -2.21. The molecule has 0 bridgehead atoms. The molecule has 2 aromatic rings. The normalized spacial score (nSPS) is 15.4. The van der Waals surface area contributed by atoms with Gasteiger partial charge in [-0.15, -0.1) is 11.3 Å². The molecule has 24 heavy (non-hydrogen) atoms. The van der Waals surface area contributed by atoms with Gasteiger partial charge in [-0.2, -0.15) is 0 Å². The smallest absolute Gasteiger partial charge is 0.260 e. The molecule has 5 N–H and O–H groups in total. The fraction of sp³-hybridized carbons (Fsp3) is 0.438. The second-order valence-corrected chi connectivity index (χ2v) is 6.86. The molecule has 0 atom stereocenters. The summed E-state index contributed by atoms with van der Waals surface area (Å²) in [6.07, 6.45) is 2.25. The number of hydrogen-bond donors (Lipinski definition) is 3. The summed E-state index contributed by atoms with van der Waals surface area (Å²) in [7, 11) is 0. The van der Waals surface area contributed by atoms with Gasteiger partial charge in [-0.3, -0.25) is 9.59 Å². The van der Waals surface area contributed by atoms with E-state index >= 15 is 0 Å². The number of pyridine rings is 1. The molecule has 0 radical (unpaired) electrons. The van der Waals surface area contributed by atoms with Crippen LogP contribution in [0.3, 0.4) is 0 Å². The number of nitrogen functional groups attached to an aromatic ring is 1. The topological polar surface area (TPSA) is 114 Å². The van der Waals surface area contributed by atoms with E-state index in [2.05, 4.69) is 22.1 Å². The third-order valence-corrected chi connectivity index (χ3v) is 5.26. The van der Waals surface area contributed by atoms with Crippen molar-refractivity contribution in [2.45, 2.75) is 26.2 Å². The Bertz CT molecular complexity index is 801. The van der Waals surface area contributed by atoms with E-state index in [9.17, 15) is 9.59 Å². The number of fused-ring (bicyclic) bond motifs is 1. The Morgan fingerprint density at radius 3 is 2.96 bits per heavy atom. The van der Waals surface area contributed by atoms with Crippen molar-refractivity contribution in [3.05, 3.63) is 16.5 Å². The number of nitrogens with two attached hydrogens (primary N) is 2. The van der Waals surface area contributed by atoms with Crippen LogP contribution in [0.5, 0.6) is 0 Å². The van der Waals surface area contributed by atoms with Crippen LogP contribution in [0.2, 0.25) is 0 Å². The first kappa shape index (κ1) is 16.5. The molecule has 0 aliphatic carbocycles. The van der Waals surface area contributed by atoms with Gasteiger partial charge in [0, 0.05) is 31.4 Å². The van der Waals surface area contributed by atoms with Crippen molar-refractivity contribution in [1.82, 2.24) is 10.3 Å². The van der Waals surface area contributed by atoms with Crippen LogP contribution < -0.4 is 21.7 Å². The number of amides is 2.